The molecule has 0 bridgehead atoms. The lowest BCUT2D eigenvalue weighted by Gasteiger charge is -2.22. The zero-order valence-corrected chi connectivity index (χ0v) is 15.2. The van der Waals surface area contributed by atoms with Crippen LogP contribution in [0.1, 0.15) is 6.42 Å². The van der Waals surface area contributed by atoms with Gasteiger partial charge in [-0.2, -0.15) is 0 Å². The summed E-state index contributed by atoms with van der Waals surface area (Å²) >= 11 is 0. The molecule has 2 rings (SSSR count). The van der Waals surface area contributed by atoms with Gasteiger partial charge in [-0.05, 0) is 30.3 Å². The Kier molecular flexibility index (Phi) is 6.97. The molecule has 0 atom stereocenters. The van der Waals surface area contributed by atoms with Crippen LogP contribution in [0.15, 0.2) is 54.6 Å². The van der Waals surface area contributed by atoms with E-state index in [1.807, 2.05) is 18.2 Å². The summed E-state index contributed by atoms with van der Waals surface area (Å²) in [6.45, 7) is 0.330. The second-order valence-electron chi connectivity index (χ2n) is 5.58. The average Bonchev–Trinajstić information content (AvgIpc) is 2.58. The van der Waals surface area contributed by atoms with Crippen LogP contribution in [0.3, 0.4) is 0 Å². The van der Waals surface area contributed by atoms with Crippen molar-refractivity contribution in [2.24, 2.45) is 0 Å². The molecule has 0 radical (unpaired) electrons. The molecule has 6 nitrogen and oxygen atoms in total. The van der Waals surface area contributed by atoms with Crippen molar-refractivity contribution in [3.8, 4) is 5.75 Å². The molecule has 2 aromatic rings. The molecule has 0 aromatic heterocycles. The van der Waals surface area contributed by atoms with Gasteiger partial charge >= 0.3 is 0 Å². The number of carbonyl (C=O) groups is 1. The molecule has 1 N–H and O–H groups in total. The number of benzene rings is 2. The van der Waals surface area contributed by atoms with E-state index < -0.39 is 15.8 Å². The van der Waals surface area contributed by atoms with Crippen molar-refractivity contribution >= 4 is 21.6 Å². The van der Waals surface area contributed by atoms with Crippen LogP contribution in [0, 0.1) is 5.82 Å². The fourth-order valence-corrected chi connectivity index (χ4v) is 3.20. The standard InChI is InChI=1S/C18H21FN2O4S/c1-26(23,24)21(16-7-5-6-15(19)14-16)12-11-20-18(22)10-13-25-17-8-3-2-4-9-17/h2-9,14H,10-13H2,1H3,(H,20,22). The van der Waals surface area contributed by atoms with Crippen molar-refractivity contribution < 1.29 is 22.3 Å². The Bertz CT molecular complexity index is 828. The molecule has 0 spiro atoms. The lowest BCUT2D eigenvalue weighted by Crippen LogP contribution is -2.38. The molecule has 0 unspecified atom stereocenters. The minimum absolute atomic E-state index is 0.00751. The zero-order chi connectivity index (χ0) is 19.0. The Hall–Kier alpha value is -2.61. The predicted octanol–water partition coefficient (Wildman–Crippen LogP) is 2.18. The van der Waals surface area contributed by atoms with Gasteiger partial charge in [0.2, 0.25) is 15.9 Å². The van der Waals surface area contributed by atoms with Gasteiger partial charge in [0.15, 0.2) is 0 Å². The van der Waals surface area contributed by atoms with Gasteiger partial charge in [-0.3, -0.25) is 9.10 Å². The van der Waals surface area contributed by atoms with Crippen molar-refractivity contribution in [1.82, 2.24) is 5.32 Å². The molecule has 0 fully saturated rings. The summed E-state index contributed by atoms with van der Waals surface area (Å²) in [7, 11) is -3.59. The molecule has 0 aliphatic rings. The van der Waals surface area contributed by atoms with E-state index in [9.17, 15) is 17.6 Å². The minimum Gasteiger partial charge on any atom is -0.493 e. The number of hydrogen-bond acceptors (Lipinski definition) is 4. The molecule has 1 amide bonds. The number of nitrogens with one attached hydrogen (secondary N) is 1. The Balaban J connectivity index is 1.81. The van der Waals surface area contributed by atoms with Gasteiger partial charge in [-0.1, -0.05) is 24.3 Å². The number of amides is 1. The third-order valence-electron chi connectivity index (χ3n) is 3.47. The van der Waals surface area contributed by atoms with Crippen molar-refractivity contribution in [2.75, 3.05) is 30.3 Å². The van der Waals surface area contributed by atoms with E-state index >= 15 is 0 Å². The Morgan fingerprint density at radius 3 is 2.54 bits per heavy atom. The molecular weight excluding hydrogens is 359 g/mol. The maximum absolute atomic E-state index is 13.3. The van der Waals surface area contributed by atoms with Gasteiger partial charge < -0.3 is 10.1 Å². The number of nitrogens with zero attached hydrogens (tertiary/aromatic N) is 1. The average molecular weight is 380 g/mol. The first kappa shape index (κ1) is 19.7. The number of carbonyl (C=O) groups excluding carboxylic acids is 1. The van der Waals surface area contributed by atoms with Crippen molar-refractivity contribution in [3.63, 3.8) is 0 Å². The number of rotatable bonds is 9. The molecule has 8 heteroatoms. The van der Waals surface area contributed by atoms with Gasteiger partial charge in [-0.25, -0.2) is 12.8 Å². The Morgan fingerprint density at radius 1 is 1.15 bits per heavy atom. The summed E-state index contributed by atoms with van der Waals surface area (Å²) in [5, 5.41) is 2.64. The first-order chi connectivity index (χ1) is 12.4. The highest BCUT2D eigenvalue weighted by molar-refractivity contribution is 7.92. The molecule has 2 aromatic carbocycles. The molecule has 0 heterocycles. The number of sulfonamides is 1. The van der Waals surface area contributed by atoms with Gasteiger partial charge in [-0.15, -0.1) is 0 Å². The van der Waals surface area contributed by atoms with E-state index in [1.165, 1.54) is 18.2 Å². The molecule has 0 saturated heterocycles. The van der Waals surface area contributed by atoms with E-state index in [-0.39, 0.29) is 37.7 Å². The van der Waals surface area contributed by atoms with Gasteiger partial charge in [0.05, 0.1) is 31.5 Å². The summed E-state index contributed by atoms with van der Waals surface area (Å²) in [5.41, 5.74) is 0.217. The maximum Gasteiger partial charge on any atom is 0.232 e. The monoisotopic (exact) mass is 380 g/mol. The second-order valence-corrected chi connectivity index (χ2v) is 7.48. The van der Waals surface area contributed by atoms with Crippen LogP contribution in [0.4, 0.5) is 10.1 Å². The molecule has 26 heavy (non-hydrogen) atoms. The van der Waals surface area contributed by atoms with Gasteiger partial charge in [0.25, 0.3) is 0 Å². The van der Waals surface area contributed by atoms with Crippen LogP contribution >= 0.6 is 0 Å². The van der Waals surface area contributed by atoms with Crippen LogP contribution in [0.25, 0.3) is 0 Å². The Labute approximate surface area is 152 Å². The maximum atomic E-state index is 13.3. The zero-order valence-electron chi connectivity index (χ0n) is 14.4. The van der Waals surface area contributed by atoms with Crippen LogP contribution < -0.4 is 14.4 Å². The van der Waals surface area contributed by atoms with Gasteiger partial charge in [0, 0.05) is 6.54 Å². The first-order valence-electron chi connectivity index (χ1n) is 8.04. The van der Waals surface area contributed by atoms with Crippen LogP contribution in [-0.2, 0) is 14.8 Å². The van der Waals surface area contributed by atoms with Crippen LogP contribution in [0.2, 0.25) is 0 Å². The number of anilines is 1. The highest BCUT2D eigenvalue weighted by Gasteiger charge is 2.17. The predicted molar refractivity (Wildman–Crippen MR) is 98.2 cm³/mol. The fraction of sp³-hybridized carbons (Fsp3) is 0.278. The van der Waals surface area contributed by atoms with Gasteiger partial charge in [0.1, 0.15) is 11.6 Å². The lowest BCUT2D eigenvalue weighted by atomic mass is 10.3. The Morgan fingerprint density at radius 2 is 1.88 bits per heavy atom. The third-order valence-corrected chi connectivity index (χ3v) is 4.67. The van der Waals surface area contributed by atoms with E-state index in [2.05, 4.69) is 5.32 Å². The smallest absolute Gasteiger partial charge is 0.232 e. The van der Waals surface area contributed by atoms with Crippen molar-refractivity contribution in [2.45, 2.75) is 6.42 Å². The summed E-state index contributed by atoms with van der Waals surface area (Å²) in [5.74, 6) is -0.110. The van der Waals surface area contributed by atoms with E-state index in [4.69, 9.17) is 4.74 Å². The lowest BCUT2D eigenvalue weighted by molar-refractivity contribution is -0.121. The third kappa shape index (κ3) is 6.36. The quantitative estimate of drug-likeness (QED) is 0.724. The highest BCUT2D eigenvalue weighted by atomic mass is 32.2. The van der Waals surface area contributed by atoms with E-state index in [1.54, 1.807) is 12.1 Å². The highest BCUT2D eigenvalue weighted by Crippen LogP contribution is 2.18. The van der Waals surface area contributed by atoms with Crippen LogP contribution in [-0.4, -0.2) is 40.3 Å². The summed E-state index contributed by atoms with van der Waals surface area (Å²) in [4.78, 5) is 11.8. The van der Waals surface area contributed by atoms with Crippen LogP contribution in [0.5, 0.6) is 5.75 Å². The molecule has 0 aliphatic carbocycles. The first-order valence-corrected chi connectivity index (χ1v) is 9.89. The summed E-state index contributed by atoms with van der Waals surface area (Å²) in [6, 6.07) is 14.4. The number of ether oxygens (including phenoxy) is 1. The number of para-hydroxylation sites is 1. The van der Waals surface area contributed by atoms with Crippen molar-refractivity contribution in [1.29, 1.82) is 0 Å². The summed E-state index contributed by atoms with van der Waals surface area (Å²) < 4.78 is 43.7. The molecule has 0 aliphatic heterocycles. The SMILES string of the molecule is CS(=O)(=O)N(CCNC(=O)CCOc1ccccc1)c1cccc(F)c1. The number of halogens is 1. The second kappa shape index (κ2) is 9.19. The molecule has 0 saturated carbocycles. The molecule has 140 valence electrons. The number of hydrogen-bond donors (Lipinski definition) is 1. The minimum atomic E-state index is -3.59. The fourth-order valence-electron chi connectivity index (χ4n) is 2.28. The van der Waals surface area contributed by atoms with E-state index in [0.29, 0.717) is 5.75 Å². The largest absolute Gasteiger partial charge is 0.493 e. The van der Waals surface area contributed by atoms with Crippen molar-refractivity contribution in [3.05, 3.63) is 60.4 Å². The molecular formula is C18H21FN2O4S. The van der Waals surface area contributed by atoms with E-state index in [0.717, 1.165) is 16.6 Å². The normalized spacial score (nSPS) is 11.0. The topological polar surface area (TPSA) is 75.7 Å². The summed E-state index contributed by atoms with van der Waals surface area (Å²) in [6.07, 6.45) is 1.18.